The topological polar surface area (TPSA) is 43.2 Å². The summed E-state index contributed by atoms with van der Waals surface area (Å²) >= 11 is 0. The fraction of sp³-hybridized carbons (Fsp3) is 0.556. The molecule has 2 aromatic rings. The Labute approximate surface area is 137 Å². The second-order valence-electron chi connectivity index (χ2n) is 6.56. The molecule has 2 aromatic heterocycles. The molecule has 5 nitrogen and oxygen atoms in total. The van der Waals surface area contributed by atoms with E-state index < -0.39 is 0 Å². The summed E-state index contributed by atoms with van der Waals surface area (Å²) in [4.78, 5) is 11.2. The maximum Gasteiger partial charge on any atom is 0.140 e. The number of hydrogen-bond acceptors (Lipinski definition) is 4. The van der Waals surface area contributed by atoms with Gasteiger partial charge in [-0.2, -0.15) is 0 Å². The predicted molar refractivity (Wildman–Crippen MR) is 89.1 cm³/mol. The van der Waals surface area contributed by atoms with Gasteiger partial charge in [0.1, 0.15) is 5.82 Å². The zero-order valence-electron chi connectivity index (χ0n) is 13.5. The van der Waals surface area contributed by atoms with E-state index in [0.29, 0.717) is 12.1 Å². The minimum absolute atomic E-state index is 0.465. The first kappa shape index (κ1) is 14.8. The standard InChI is InChI=1S/C18H24N4O/c1-2-17(23-13-1)14-21-10-5-16(6-11-21)22-12-9-20-18(22)15-3-7-19-8-4-15/h3-4,7-9,12,16-17H,1-2,5-6,10-11,13-14H2/t17-/m1/s1. The van der Waals surface area contributed by atoms with Gasteiger partial charge in [-0.15, -0.1) is 0 Å². The van der Waals surface area contributed by atoms with Gasteiger partial charge in [0, 0.05) is 62.6 Å². The molecule has 0 N–H and O–H groups in total. The summed E-state index contributed by atoms with van der Waals surface area (Å²) in [6.45, 7) is 4.36. The largest absolute Gasteiger partial charge is 0.377 e. The molecule has 0 bridgehead atoms. The average molecular weight is 312 g/mol. The molecule has 122 valence electrons. The summed E-state index contributed by atoms with van der Waals surface area (Å²) < 4.78 is 8.11. The Morgan fingerprint density at radius 3 is 2.65 bits per heavy atom. The summed E-state index contributed by atoms with van der Waals surface area (Å²) in [7, 11) is 0. The molecule has 4 heterocycles. The van der Waals surface area contributed by atoms with Crippen LogP contribution in [-0.2, 0) is 4.74 Å². The highest BCUT2D eigenvalue weighted by Gasteiger charge is 2.25. The van der Waals surface area contributed by atoms with Crippen LogP contribution < -0.4 is 0 Å². The van der Waals surface area contributed by atoms with E-state index in [4.69, 9.17) is 4.74 Å². The smallest absolute Gasteiger partial charge is 0.140 e. The quantitative estimate of drug-likeness (QED) is 0.871. The van der Waals surface area contributed by atoms with E-state index in [1.54, 1.807) is 0 Å². The molecule has 2 aliphatic heterocycles. The van der Waals surface area contributed by atoms with E-state index in [2.05, 4.69) is 25.6 Å². The maximum atomic E-state index is 5.77. The van der Waals surface area contributed by atoms with Crippen LogP contribution in [0.1, 0.15) is 31.7 Å². The Morgan fingerprint density at radius 2 is 1.91 bits per heavy atom. The van der Waals surface area contributed by atoms with E-state index in [9.17, 15) is 0 Å². The third kappa shape index (κ3) is 3.31. The zero-order chi connectivity index (χ0) is 15.5. The van der Waals surface area contributed by atoms with Crippen LogP contribution in [0.3, 0.4) is 0 Å². The number of hydrogen-bond donors (Lipinski definition) is 0. The van der Waals surface area contributed by atoms with Gasteiger partial charge in [-0.05, 0) is 37.8 Å². The van der Waals surface area contributed by atoms with Crippen molar-refractivity contribution in [1.29, 1.82) is 0 Å². The van der Waals surface area contributed by atoms with E-state index in [-0.39, 0.29) is 0 Å². The van der Waals surface area contributed by atoms with Crippen molar-refractivity contribution in [1.82, 2.24) is 19.4 Å². The van der Waals surface area contributed by atoms with Crippen LogP contribution in [0.5, 0.6) is 0 Å². The van der Waals surface area contributed by atoms with Crippen LogP contribution in [0.4, 0.5) is 0 Å². The second kappa shape index (κ2) is 6.81. The fourth-order valence-corrected chi connectivity index (χ4v) is 3.79. The summed E-state index contributed by atoms with van der Waals surface area (Å²) in [5, 5.41) is 0. The van der Waals surface area contributed by atoms with Gasteiger partial charge in [-0.1, -0.05) is 0 Å². The minimum Gasteiger partial charge on any atom is -0.377 e. The molecule has 5 heteroatoms. The molecule has 0 aliphatic carbocycles. The van der Waals surface area contributed by atoms with Gasteiger partial charge in [0.25, 0.3) is 0 Å². The lowest BCUT2D eigenvalue weighted by Crippen LogP contribution is -2.39. The molecule has 2 saturated heterocycles. The van der Waals surface area contributed by atoms with Crippen LogP contribution in [0.2, 0.25) is 0 Å². The molecule has 23 heavy (non-hydrogen) atoms. The van der Waals surface area contributed by atoms with Crippen molar-refractivity contribution in [2.24, 2.45) is 0 Å². The Morgan fingerprint density at radius 1 is 1.09 bits per heavy atom. The number of nitrogens with zero attached hydrogens (tertiary/aromatic N) is 4. The molecule has 2 fully saturated rings. The molecule has 0 radical (unpaired) electrons. The highest BCUT2D eigenvalue weighted by molar-refractivity contribution is 5.54. The summed E-state index contributed by atoms with van der Waals surface area (Å²) in [5.74, 6) is 1.06. The summed E-state index contributed by atoms with van der Waals surface area (Å²) in [6.07, 6.45) is 13.0. The lowest BCUT2D eigenvalue weighted by molar-refractivity contribution is 0.0608. The van der Waals surface area contributed by atoms with Crippen molar-refractivity contribution in [3.63, 3.8) is 0 Å². The van der Waals surface area contributed by atoms with E-state index in [0.717, 1.165) is 37.6 Å². The third-order valence-corrected chi connectivity index (χ3v) is 5.04. The van der Waals surface area contributed by atoms with Gasteiger partial charge in [0.05, 0.1) is 6.10 Å². The van der Waals surface area contributed by atoms with Crippen LogP contribution >= 0.6 is 0 Å². The van der Waals surface area contributed by atoms with Crippen molar-refractivity contribution in [2.45, 2.75) is 37.8 Å². The maximum absolute atomic E-state index is 5.77. The third-order valence-electron chi connectivity index (χ3n) is 5.04. The van der Waals surface area contributed by atoms with E-state index in [1.807, 2.05) is 30.7 Å². The Balaban J connectivity index is 1.40. The Bertz CT molecular complexity index is 613. The van der Waals surface area contributed by atoms with E-state index >= 15 is 0 Å². The minimum atomic E-state index is 0.465. The number of imidazole rings is 1. The first-order chi connectivity index (χ1) is 11.4. The molecule has 1 atom stereocenters. The first-order valence-electron chi connectivity index (χ1n) is 8.67. The van der Waals surface area contributed by atoms with Crippen molar-refractivity contribution < 1.29 is 4.74 Å². The van der Waals surface area contributed by atoms with Crippen molar-refractivity contribution in [3.8, 4) is 11.4 Å². The monoisotopic (exact) mass is 312 g/mol. The molecule has 4 rings (SSSR count). The number of aromatic nitrogens is 3. The lowest BCUT2D eigenvalue weighted by Gasteiger charge is -2.34. The zero-order valence-corrected chi connectivity index (χ0v) is 13.5. The van der Waals surface area contributed by atoms with Crippen LogP contribution in [0, 0.1) is 0 Å². The molecular weight excluding hydrogens is 288 g/mol. The van der Waals surface area contributed by atoms with Crippen molar-refractivity contribution >= 4 is 0 Å². The van der Waals surface area contributed by atoms with Gasteiger partial charge in [0.15, 0.2) is 0 Å². The highest BCUT2D eigenvalue weighted by Crippen LogP contribution is 2.28. The molecular formula is C18H24N4O. The van der Waals surface area contributed by atoms with Gasteiger partial charge < -0.3 is 14.2 Å². The summed E-state index contributed by atoms with van der Waals surface area (Å²) in [6, 6.07) is 4.61. The van der Waals surface area contributed by atoms with Gasteiger partial charge >= 0.3 is 0 Å². The Kier molecular flexibility index (Phi) is 4.39. The number of piperidine rings is 1. The number of rotatable bonds is 4. The molecule has 0 aromatic carbocycles. The van der Waals surface area contributed by atoms with E-state index in [1.165, 1.54) is 25.7 Å². The molecule has 2 aliphatic rings. The first-order valence-corrected chi connectivity index (χ1v) is 8.67. The SMILES string of the molecule is c1cc(-c2nccn2C2CCN(C[C@H]3CCCO3)CC2)ccn1. The molecule has 0 unspecified atom stereocenters. The van der Waals surface area contributed by atoms with Gasteiger partial charge in [-0.25, -0.2) is 4.98 Å². The lowest BCUT2D eigenvalue weighted by atomic mass is 10.0. The second-order valence-corrected chi connectivity index (χ2v) is 6.56. The molecule has 0 saturated carbocycles. The van der Waals surface area contributed by atoms with Crippen molar-refractivity contribution in [2.75, 3.05) is 26.2 Å². The number of pyridine rings is 1. The number of likely N-dealkylation sites (tertiary alicyclic amines) is 1. The normalized spacial score (nSPS) is 23.4. The van der Waals surface area contributed by atoms with Crippen LogP contribution in [0.15, 0.2) is 36.9 Å². The predicted octanol–water partition coefficient (Wildman–Crippen LogP) is 2.76. The number of ether oxygens (including phenoxy) is 1. The van der Waals surface area contributed by atoms with Gasteiger partial charge in [0.2, 0.25) is 0 Å². The van der Waals surface area contributed by atoms with Gasteiger partial charge in [-0.3, -0.25) is 4.98 Å². The van der Waals surface area contributed by atoms with Crippen molar-refractivity contribution in [3.05, 3.63) is 36.9 Å². The molecule has 0 spiro atoms. The Hall–Kier alpha value is -1.72. The fourth-order valence-electron chi connectivity index (χ4n) is 3.79. The van der Waals surface area contributed by atoms with Crippen LogP contribution in [-0.4, -0.2) is 51.8 Å². The highest BCUT2D eigenvalue weighted by atomic mass is 16.5. The summed E-state index contributed by atoms with van der Waals surface area (Å²) in [5.41, 5.74) is 1.15. The van der Waals surface area contributed by atoms with Crippen LogP contribution in [0.25, 0.3) is 11.4 Å². The molecule has 0 amide bonds. The average Bonchev–Trinajstić information content (AvgIpc) is 3.28.